The molecule has 0 aromatic rings. The Balaban J connectivity index is 0.000000797. The van der Waals surface area contributed by atoms with Gasteiger partial charge in [0.15, 0.2) is 0 Å². The van der Waals surface area contributed by atoms with Crippen molar-refractivity contribution in [2.45, 2.75) is 146 Å². The molecule has 4 aliphatic rings. The molecular weight excluding hydrogens is 424 g/mol. The van der Waals surface area contributed by atoms with Crippen LogP contribution in [0.15, 0.2) is 24.3 Å². The Morgan fingerprint density at radius 1 is 0.971 bits per heavy atom. The normalized spacial score (nSPS) is 37.9. The SMILES string of the molecule is C=CC.CC.CC.CC(C)CCC[C@@H](C)C1CCC2C3CC=C4CC(O)CCC4(C)C3CCC21C. The minimum absolute atomic E-state index is 0.0766. The van der Waals surface area contributed by atoms with Gasteiger partial charge in [-0.2, -0.15) is 0 Å². The molecule has 35 heavy (non-hydrogen) atoms. The molecule has 0 radical (unpaired) electrons. The van der Waals surface area contributed by atoms with E-state index in [2.05, 4.69) is 47.3 Å². The third-order valence-corrected chi connectivity index (χ3v) is 10.3. The first-order valence-electron chi connectivity index (χ1n) is 15.6. The first-order valence-corrected chi connectivity index (χ1v) is 15.6. The van der Waals surface area contributed by atoms with E-state index in [1.807, 2.05) is 34.6 Å². The van der Waals surface area contributed by atoms with Crippen LogP contribution in [0.1, 0.15) is 140 Å². The Labute approximate surface area is 221 Å². The minimum Gasteiger partial charge on any atom is -0.393 e. The lowest BCUT2D eigenvalue weighted by Crippen LogP contribution is -2.50. The van der Waals surface area contributed by atoms with Gasteiger partial charge in [-0.05, 0) is 105 Å². The lowest BCUT2D eigenvalue weighted by atomic mass is 9.47. The van der Waals surface area contributed by atoms with Crippen molar-refractivity contribution in [3.8, 4) is 0 Å². The summed E-state index contributed by atoms with van der Waals surface area (Å²) in [4.78, 5) is 0. The first-order chi connectivity index (χ1) is 16.7. The summed E-state index contributed by atoms with van der Waals surface area (Å²) < 4.78 is 0. The van der Waals surface area contributed by atoms with E-state index in [0.717, 1.165) is 48.3 Å². The fourth-order valence-corrected chi connectivity index (χ4v) is 8.67. The Morgan fingerprint density at radius 2 is 1.60 bits per heavy atom. The molecule has 3 fully saturated rings. The summed E-state index contributed by atoms with van der Waals surface area (Å²) in [6, 6.07) is 0. The van der Waals surface area contributed by atoms with Gasteiger partial charge in [0.2, 0.25) is 0 Å². The molecule has 7 unspecified atom stereocenters. The molecule has 0 heterocycles. The van der Waals surface area contributed by atoms with Crippen molar-refractivity contribution in [1.82, 2.24) is 0 Å². The summed E-state index contributed by atoms with van der Waals surface area (Å²) in [5.74, 6) is 5.46. The standard InChI is InChI=1S/C27H46O.C3H6.2C2H6/c1-18(2)7-6-8-19(3)23-11-12-24-22-10-9-20-17-21(28)13-15-26(20,4)25(22)14-16-27(23,24)5;1-3-2;2*1-2/h9,18-19,21-25,28H,6-8,10-17H2,1-5H3;3H,1H2,2H3;2*1-2H3/t19-,21?,22?,23?,24?,25?,26?,27?;;;/m1.../s1. The number of aliphatic hydroxyl groups is 1. The third kappa shape index (κ3) is 7.27. The number of allylic oxidation sites excluding steroid dienone is 2. The molecular formula is C34H64O. The Hall–Kier alpha value is -0.560. The van der Waals surface area contributed by atoms with E-state index >= 15 is 0 Å². The van der Waals surface area contributed by atoms with Gasteiger partial charge in [-0.1, -0.05) is 99.3 Å². The van der Waals surface area contributed by atoms with Crippen LogP contribution in [0.25, 0.3) is 0 Å². The zero-order chi connectivity index (χ0) is 26.8. The van der Waals surface area contributed by atoms with Gasteiger partial charge in [-0.15, -0.1) is 6.58 Å². The highest BCUT2D eigenvalue weighted by molar-refractivity contribution is 5.25. The Morgan fingerprint density at radius 3 is 2.20 bits per heavy atom. The lowest BCUT2D eigenvalue weighted by Gasteiger charge is -2.58. The van der Waals surface area contributed by atoms with Gasteiger partial charge in [0.1, 0.15) is 0 Å². The molecule has 1 N–H and O–H groups in total. The molecule has 4 aliphatic carbocycles. The Bertz CT molecular complexity index is 633. The van der Waals surface area contributed by atoms with Crippen LogP contribution in [0.4, 0.5) is 0 Å². The molecule has 0 amide bonds. The van der Waals surface area contributed by atoms with Crippen LogP contribution < -0.4 is 0 Å². The fraction of sp³-hybridized carbons (Fsp3) is 0.882. The summed E-state index contributed by atoms with van der Waals surface area (Å²) in [5.41, 5.74) is 2.60. The van der Waals surface area contributed by atoms with Crippen LogP contribution >= 0.6 is 0 Å². The Kier molecular flexibility index (Phi) is 13.9. The van der Waals surface area contributed by atoms with Crippen molar-refractivity contribution in [2.75, 3.05) is 0 Å². The predicted molar refractivity (Wildman–Crippen MR) is 158 cm³/mol. The first kappa shape index (κ1) is 32.5. The van der Waals surface area contributed by atoms with E-state index in [0.29, 0.717) is 10.8 Å². The second kappa shape index (κ2) is 15.0. The number of aliphatic hydroxyl groups excluding tert-OH is 1. The van der Waals surface area contributed by atoms with Crippen LogP contribution in [0.5, 0.6) is 0 Å². The third-order valence-electron chi connectivity index (χ3n) is 10.3. The van der Waals surface area contributed by atoms with Crippen molar-refractivity contribution < 1.29 is 5.11 Å². The van der Waals surface area contributed by atoms with Gasteiger partial charge < -0.3 is 5.11 Å². The maximum absolute atomic E-state index is 10.2. The highest BCUT2D eigenvalue weighted by atomic mass is 16.3. The second-order valence-corrected chi connectivity index (χ2v) is 12.6. The molecule has 0 spiro atoms. The van der Waals surface area contributed by atoms with Crippen LogP contribution in [0.2, 0.25) is 0 Å². The largest absolute Gasteiger partial charge is 0.393 e. The molecule has 0 bridgehead atoms. The molecule has 3 saturated carbocycles. The average Bonchev–Trinajstić information content (AvgIpc) is 3.20. The zero-order valence-corrected chi connectivity index (χ0v) is 25.6. The zero-order valence-electron chi connectivity index (χ0n) is 25.6. The molecule has 0 aromatic carbocycles. The van der Waals surface area contributed by atoms with Crippen molar-refractivity contribution in [2.24, 2.45) is 46.3 Å². The molecule has 0 aromatic heterocycles. The summed E-state index contributed by atoms with van der Waals surface area (Å²) in [7, 11) is 0. The van der Waals surface area contributed by atoms with Crippen molar-refractivity contribution >= 4 is 0 Å². The highest BCUT2D eigenvalue weighted by Gasteiger charge is 2.59. The molecule has 0 aliphatic heterocycles. The summed E-state index contributed by atoms with van der Waals surface area (Å²) in [5, 5.41) is 10.2. The number of fused-ring (bicyclic) bond motifs is 5. The highest BCUT2D eigenvalue weighted by Crippen LogP contribution is 2.67. The van der Waals surface area contributed by atoms with Crippen LogP contribution in [-0.4, -0.2) is 11.2 Å². The van der Waals surface area contributed by atoms with Gasteiger partial charge in [0.05, 0.1) is 6.10 Å². The van der Waals surface area contributed by atoms with E-state index in [-0.39, 0.29) is 6.10 Å². The molecule has 0 saturated heterocycles. The molecule has 206 valence electrons. The van der Waals surface area contributed by atoms with Crippen molar-refractivity contribution in [3.63, 3.8) is 0 Å². The topological polar surface area (TPSA) is 20.2 Å². The average molecular weight is 489 g/mol. The van der Waals surface area contributed by atoms with Crippen LogP contribution in [-0.2, 0) is 0 Å². The quantitative estimate of drug-likeness (QED) is 0.381. The van der Waals surface area contributed by atoms with E-state index < -0.39 is 0 Å². The lowest BCUT2D eigenvalue weighted by molar-refractivity contribution is -0.0573. The maximum atomic E-state index is 10.2. The molecule has 8 atom stereocenters. The molecule has 4 rings (SSSR count). The predicted octanol–water partition coefficient (Wildman–Crippen LogP) is 10.6. The summed E-state index contributed by atoms with van der Waals surface area (Å²) in [6.07, 6.45) is 18.9. The molecule has 1 heteroatoms. The number of hydrogen-bond donors (Lipinski definition) is 1. The van der Waals surface area contributed by atoms with Crippen molar-refractivity contribution in [3.05, 3.63) is 24.3 Å². The van der Waals surface area contributed by atoms with Gasteiger partial charge in [0.25, 0.3) is 0 Å². The van der Waals surface area contributed by atoms with E-state index in [1.165, 1.54) is 57.8 Å². The van der Waals surface area contributed by atoms with E-state index in [9.17, 15) is 5.11 Å². The van der Waals surface area contributed by atoms with Gasteiger partial charge in [-0.25, -0.2) is 0 Å². The van der Waals surface area contributed by atoms with Gasteiger partial charge in [0, 0.05) is 0 Å². The second-order valence-electron chi connectivity index (χ2n) is 12.6. The van der Waals surface area contributed by atoms with Crippen molar-refractivity contribution in [1.29, 1.82) is 0 Å². The fourth-order valence-electron chi connectivity index (χ4n) is 8.67. The molecule has 1 nitrogen and oxygen atoms in total. The van der Waals surface area contributed by atoms with E-state index in [1.54, 1.807) is 11.6 Å². The smallest absolute Gasteiger partial charge is 0.0577 e. The van der Waals surface area contributed by atoms with Gasteiger partial charge >= 0.3 is 0 Å². The summed E-state index contributed by atoms with van der Waals surface area (Å²) in [6.45, 7) is 25.8. The van der Waals surface area contributed by atoms with Crippen LogP contribution in [0.3, 0.4) is 0 Å². The number of hydrogen-bond acceptors (Lipinski definition) is 1. The monoisotopic (exact) mass is 488 g/mol. The van der Waals surface area contributed by atoms with E-state index in [4.69, 9.17) is 0 Å². The number of rotatable bonds is 5. The maximum Gasteiger partial charge on any atom is 0.0577 e. The van der Waals surface area contributed by atoms with Crippen LogP contribution in [0, 0.1) is 46.3 Å². The summed E-state index contributed by atoms with van der Waals surface area (Å²) >= 11 is 0. The van der Waals surface area contributed by atoms with Gasteiger partial charge in [-0.3, -0.25) is 0 Å². The minimum atomic E-state index is -0.0766.